The van der Waals surface area contributed by atoms with Gasteiger partial charge in [0.25, 0.3) is 0 Å². The third-order valence-corrected chi connectivity index (χ3v) is 5.97. The summed E-state index contributed by atoms with van der Waals surface area (Å²) in [4.78, 5) is 12.4. The van der Waals surface area contributed by atoms with E-state index < -0.39 is 6.09 Å². The summed E-state index contributed by atoms with van der Waals surface area (Å²) in [5, 5.41) is 20.2. The Bertz CT molecular complexity index is 1440. The van der Waals surface area contributed by atoms with Crippen LogP contribution < -0.4 is 15.4 Å². The predicted octanol–water partition coefficient (Wildman–Crippen LogP) is 5.64. The molecule has 1 amide bonds. The molecule has 9 nitrogen and oxygen atoms in total. The van der Waals surface area contributed by atoms with Crippen LogP contribution in [0.3, 0.4) is 0 Å². The number of nitriles is 1. The molecule has 1 fully saturated rings. The maximum atomic E-state index is 12.4. The van der Waals surface area contributed by atoms with Gasteiger partial charge in [0, 0.05) is 16.7 Å². The first-order valence-electron chi connectivity index (χ1n) is 11.5. The van der Waals surface area contributed by atoms with Crippen molar-refractivity contribution in [3.8, 4) is 17.6 Å². The van der Waals surface area contributed by atoms with E-state index in [-0.39, 0.29) is 12.0 Å². The van der Waals surface area contributed by atoms with Crippen molar-refractivity contribution in [2.45, 2.75) is 13.8 Å². The molecule has 2 N–H and O–H groups in total. The van der Waals surface area contributed by atoms with E-state index in [0.29, 0.717) is 41.4 Å². The van der Waals surface area contributed by atoms with Crippen molar-refractivity contribution in [3.05, 3.63) is 78.1 Å². The van der Waals surface area contributed by atoms with Crippen LogP contribution in [0.15, 0.2) is 67.0 Å². The summed E-state index contributed by atoms with van der Waals surface area (Å²) in [6.45, 7) is 5.29. The van der Waals surface area contributed by atoms with E-state index in [9.17, 15) is 10.1 Å². The van der Waals surface area contributed by atoms with Crippen LogP contribution in [0.4, 0.5) is 21.9 Å². The molecule has 1 aliphatic heterocycles. The second kappa shape index (κ2) is 9.60. The zero-order chi connectivity index (χ0) is 25.1. The van der Waals surface area contributed by atoms with Crippen LogP contribution in [0, 0.1) is 23.7 Å². The summed E-state index contributed by atoms with van der Waals surface area (Å²) >= 11 is 0. The van der Waals surface area contributed by atoms with Crippen molar-refractivity contribution < 1.29 is 19.0 Å². The molecule has 0 aliphatic carbocycles. The number of hydrogen-bond donors (Lipinski definition) is 2. The Morgan fingerprint density at radius 2 is 1.89 bits per heavy atom. The van der Waals surface area contributed by atoms with E-state index in [1.165, 1.54) is 6.20 Å². The van der Waals surface area contributed by atoms with Crippen molar-refractivity contribution in [2.75, 3.05) is 30.5 Å². The number of carbonyl (C=O) groups excluding carboxylic acids is 1. The van der Waals surface area contributed by atoms with Crippen LogP contribution in [-0.2, 0) is 9.47 Å². The van der Waals surface area contributed by atoms with Gasteiger partial charge in [0.15, 0.2) is 0 Å². The van der Waals surface area contributed by atoms with Crippen molar-refractivity contribution in [1.82, 2.24) is 9.61 Å². The van der Waals surface area contributed by atoms with Gasteiger partial charge in [-0.05, 0) is 43.3 Å². The quantitative estimate of drug-likeness (QED) is 0.350. The Balaban J connectivity index is 1.36. The fourth-order valence-corrected chi connectivity index (χ4v) is 3.92. The molecule has 1 aliphatic rings. The number of benzene rings is 2. The molecule has 182 valence electrons. The molecule has 0 unspecified atom stereocenters. The van der Waals surface area contributed by atoms with Crippen LogP contribution in [0.5, 0.6) is 11.5 Å². The van der Waals surface area contributed by atoms with Crippen LogP contribution >= 0.6 is 0 Å². The summed E-state index contributed by atoms with van der Waals surface area (Å²) in [5.41, 5.74) is 3.56. The van der Waals surface area contributed by atoms with Crippen LogP contribution in [0.25, 0.3) is 5.52 Å². The van der Waals surface area contributed by atoms with Gasteiger partial charge in [-0.15, -0.1) is 0 Å². The van der Waals surface area contributed by atoms with Crippen molar-refractivity contribution in [2.24, 2.45) is 5.41 Å². The minimum atomic E-state index is -0.550. The van der Waals surface area contributed by atoms with E-state index in [4.69, 9.17) is 14.2 Å². The van der Waals surface area contributed by atoms with E-state index in [1.807, 2.05) is 68.4 Å². The summed E-state index contributed by atoms with van der Waals surface area (Å²) in [6, 6.07) is 19.2. The van der Waals surface area contributed by atoms with E-state index in [2.05, 4.69) is 21.8 Å². The van der Waals surface area contributed by atoms with Gasteiger partial charge in [0.2, 0.25) is 0 Å². The smallest absolute Gasteiger partial charge is 0.411 e. The number of hydrogen-bond acceptors (Lipinski definition) is 7. The molecule has 0 radical (unpaired) electrons. The molecule has 0 atom stereocenters. The second-order valence-electron chi connectivity index (χ2n) is 9.08. The predicted molar refractivity (Wildman–Crippen MR) is 135 cm³/mol. The van der Waals surface area contributed by atoms with Crippen LogP contribution in [0.1, 0.15) is 18.1 Å². The van der Waals surface area contributed by atoms with Crippen molar-refractivity contribution >= 4 is 28.7 Å². The lowest BCUT2D eigenvalue weighted by atomic mass is 9.90. The fourth-order valence-electron chi connectivity index (χ4n) is 3.92. The van der Waals surface area contributed by atoms with Gasteiger partial charge >= 0.3 is 6.09 Å². The SMILES string of the molecule is Cc1c(NC(=O)OCC2(C)COC2)cn2ncc(C#N)c(Nc3ccc(Oc4ccccc4)cc3)c12. The number of rotatable bonds is 7. The third kappa shape index (κ3) is 4.80. The average molecular weight is 484 g/mol. The number of para-hydroxylation sites is 1. The standard InChI is InChI=1S/C27H25N5O4/c1-18-23(31-26(33)35-17-27(2)15-34-16-27)14-32-25(18)24(19(12-28)13-29-32)30-20-8-10-22(11-9-20)36-21-6-4-3-5-7-21/h3-11,13-14,30H,15-17H2,1-2H3,(H,31,33). The highest BCUT2D eigenvalue weighted by Crippen LogP contribution is 2.33. The minimum Gasteiger partial charge on any atom is -0.457 e. The molecule has 0 saturated carbocycles. The maximum absolute atomic E-state index is 12.4. The number of aromatic nitrogens is 2. The van der Waals surface area contributed by atoms with Crippen LogP contribution in [-0.4, -0.2) is 35.5 Å². The van der Waals surface area contributed by atoms with Gasteiger partial charge in [-0.1, -0.05) is 25.1 Å². The van der Waals surface area contributed by atoms with E-state index in [1.54, 1.807) is 10.7 Å². The summed E-state index contributed by atoms with van der Waals surface area (Å²) in [7, 11) is 0. The lowest BCUT2D eigenvalue weighted by Gasteiger charge is -2.37. The molecular weight excluding hydrogens is 458 g/mol. The minimum absolute atomic E-state index is 0.139. The number of aryl methyl sites for hydroxylation is 1. The lowest BCUT2D eigenvalue weighted by molar-refractivity contribution is -0.125. The summed E-state index contributed by atoms with van der Waals surface area (Å²) < 4.78 is 18.1. The monoisotopic (exact) mass is 483 g/mol. The zero-order valence-electron chi connectivity index (χ0n) is 19.9. The molecule has 3 heterocycles. The van der Waals surface area contributed by atoms with Gasteiger partial charge in [-0.3, -0.25) is 5.32 Å². The zero-order valence-corrected chi connectivity index (χ0v) is 19.9. The number of fused-ring (bicyclic) bond motifs is 1. The first-order valence-corrected chi connectivity index (χ1v) is 11.5. The number of anilines is 3. The number of ether oxygens (including phenoxy) is 3. The largest absolute Gasteiger partial charge is 0.457 e. The molecule has 1 saturated heterocycles. The van der Waals surface area contributed by atoms with Gasteiger partial charge < -0.3 is 19.5 Å². The lowest BCUT2D eigenvalue weighted by Crippen LogP contribution is -2.44. The van der Waals surface area contributed by atoms with Crippen LogP contribution in [0.2, 0.25) is 0 Å². The summed E-state index contributed by atoms with van der Waals surface area (Å²) in [6.07, 6.45) is 2.64. The van der Waals surface area contributed by atoms with Crippen molar-refractivity contribution in [3.63, 3.8) is 0 Å². The molecule has 5 rings (SSSR count). The third-order valence-electron chi connectivity index (χ3n) is 5.97. The van der Waals surface area contributed by atoms with Gasteiger partial charge in [-0.2, -0.15) is 10.4 Å². The van der Waals surface area contributed by atoms with Crippen molar-refractivity contribution in [1.29, 1.82) is 5.26 Å². The molecule has 0 spiro atoms. The number of nitrogens with one attached hydrogen (secondary N) is 2. The Morgan fingerprint density at radius 1 is 1.17 bits per heavy atom. The molecule has 9 heteroatoms. The Hall–Kier alpha value is -4.55. The number of amides is 1. The molecule has 0 bridgehead atoms. The molecular formula is C27H25N5O4. The highest BCUT2D eigenvalue weighted by molar-refractivity contribution is 5.92. The number of carbonyl (C=O) groups is 1. The second-order valence-corrected chi connectivity index (χ2v) is 9.08. The first kappa shape index (κ1) is 23.2. The highest BCUT2D eigenvalue weighted by atomic mass is 16.6. The Morgan fingerprint density at radius 3 is 2.56 bits per heavy atom. The first-order chi connectivity index (χ1) is 17.4. The number of nitrogens with zero attached hydrogens (tertiary/aromatic N) is 3. The normalized spacial score (nSPS) is 13.9. The molecule has 2 aromatic carbocycles. The van der Waals surface area contributed by atoms with E-state index >= 15 is 0 Å². The van der Waals surface area contributed by atoms with Gasteiger partial charge in [-0.25, -0.2) is 9.31 Å². The topological polar surface area (TPSA) is 110 Å². The van der Waals surface area contributed by atoms with Gasteiger partial charge in [0.05, 0.1) is 48.1 Å². The molecule has 4 aromatic rings. The average Bonchev–Trinajstić information content (AvgIpc) is 3.18. The van der Waals surface area contributed by atoms with Gasteiger partial charge in [0.1, 0.15) is 24.2 Å². The maximum Gasteiger partial charge on any atom is 0.411 e. The fraction of sp³-hybridized carbons (Fsp3) is 0.222. The van der Waals surface area contributed by atoms with E-state index in [0.717, 1.165) is 17.0 Å². The Kier molecular flexibility index (Phi) is 6.19. The summed E-state index contributed by atoms with van der Waals surface area (Å²) in [5.74, 6) is 1.44. The molecule has 2 aromatic heterocycles. The highest BCUT2D eigenvalue weighted by Gasteiger charge is 2.35. The molecule has 36 heavy (non-hydrogen) atoms. The Labute approximate surface area is 208 Å².